The fourth-order valence-corrected chi connectivity index (χ4v) is 3.67. The second kappa shape index (κ2) is 7.34. The number of ketones is 1. The Labute approximate surface area is 158 Å². The second-order valence-corrected chi connectivity index (χ2v) is 7.25. The van der Waals surface area contributed by atoms with E-state index in [0.717, 1.165) is 24.2 Å². The molecule has 7 nitrogen and oxygen atoms in total. The average Bonchev–Trinajstić information content (AvgIpc) is 2.68. The van der Waals surface area contributed by atoms with Crippen molar-refractivity contribution in [2.24, 2.45) is 5.92 Å². The van der Waals surface area contributed by atoms with Crippen LogP contribution in [0.4, 0.5) is 17.5 Å². The molecule has 1 atom stereocenters. The van der Waals surface area contributed by atoms with Gasteiger partial charge in [-0.1, -0.05) is 25.1 Å². The third-order valence-corrected chi connectivity index (χ3v) is 5.11. The Morgan fingerprint density at radius 2 is 1.81 bits per heavy atom. The molecule has 2 aromatic rings. The van der Waals surface area contributed by atoms with Crippen LogP contribution in [0, 0.1) is 5.92 Å². The highest BCUT2D eigenvalue weighted by atomic mass is 16.1. The number of carbonyl (C=O) groups excluding carboxylic acids is 2. The first-order chi connectivity index (χ1) is 13.1. The van der Waals surface area contributed by atoms with Gasteiger partial charge in [0.25, 0.3) is 0 Å². The number of carbonyl (C=O) groups is 2. The number of rotatable bonds is 4. The smallest absolute Gasteiger partial charge is 0.227 e. The van der Waals surface area contributed by atoms with Crippen molar-refractivity contribution in [1.29, 1.82) is 0 Å². The van der Waals surface area contributed by atoms with E-state index in [9.17, 15) is 9.59 Å². The number of Topliss-reactive ketones (excluding diaryl/α,β-unsaturated/α-hetero) is 1. The quantitative estimate of drug-likeness (QED) is 0.838. The number of hydrogen-bond donors (Lipinski definition) is 1. The standard InChI is InChI=1S/C20H23N5O2/c1-14-11-16-18(17(27)12-14)19(21-15-5-3-2-4-6-15)23-20(22-16)25-9-7-24(13-26)8-10-25/h2-6,13-14H,7-12H2,1H3,(H,21,22,23). The van der Waals surface area contributed by atoms with Crippen molar-refractivity contribution in [3.8, 4) is 0 Å². The molecule has 0 spiro atoms. The van der Waals surface area contributed by atoms with E-state index in [-0.39, 0.29) is 11.7 Å². The summed E-state index contributed by atoms with van der Waals surface area (Å²) in [7, 11) is 0. The lowest BCUT2D eigenvalue weighted by molar-refractivity contribution is -0.118. The highest BCUT2D eigenvalue weighted by molar-refractivity contribution is 6.03. The lowest BCUT2D eigenvalue weighted by atomic mass is 9.87. The Bertz CT molecular complexity index is 847. The number of hydrogen-bond acceptors (Lipinski definition) is 6. The van der Waals surface area contributed by atoms with Gasteiger partial charge in [-0.2, -0.15) is 4.98 Å². The molecule has 1 aromatic carbocycles. The first-order valence-electron chi connectivity index (χ1n) is 9.34. The number of anilines is 3. The van der Waals surface area contributed by atoms with Gasteiger partial charge < -0.3 is 15.1 Å². The number of nitrogens with zero attached hydrogens (tertiary/aromatic N) is 4. The highest BCUT2D eigenvalue weighted by Gasteiger charge is 2.30. The Morgan fingerprint density at radius 1 is 1.07 bits per heavy atom. The normalized spacial score (nSPS) is 19.6. The molecule has 2 aliphatic rings. The molecular formula is C20H23N5O2. The predicted molar refractivity (Wildman–Crippen MR) is 103 cm³/mol. The van der Waals surface area contributed by atoms with Gasteiger partial charge in [-0.25, -0.2) is 4.98 Å². The van der Waals surface area contributed by atoms with Gasteiger partial charge in [0.2, 0.25) is 12.4 Å². The molecule has 0 saturated carbocycles. The summed E-state index contributed by atoms with van der Waals surface area (Å²) in [6, 6.07) is 9.74. The van der Waals surface area contributed by atoms with Gasteiger partial charge in [0.15, 0.2) is 5.78 Å². The van der Waals surface area contributed by atoms with Gasteiger partial charge in [0.05, 0.1) is 11.3 Å². The molecule has 0 radical (unpaired) electrons. The summed E-state index contributed by atoms with van der Waals surface area (Å²) in [4.78, 5) is 36.9. The summed E-state index contributed by atoms with van der Waals surface area (Å²) in [6.45, 7) is 4.76. The summed E-state index contributed by atoms with van der Waals surface area (Å²) in [6.07, 6.45) is 2.18. The molecule has 1 fully saturated rings. The number of piperazine rings is 1. The molecule has 1 aliphatic carbocycles. The Balaban J connectivity index is 1.71. The van der Waals surface area contributed by atoms with E-state index in [4.69, 9.17) is 9.97 Å². The molecular weight excluding hydrogens is 342 g/mol. The lowest BCUT2D eigenvalue weighted by Crippen LogP contribution is -2.46. The van der Waals surface area contributed by atoms with Gasteiger partial charge >= 0.3 is 0 Å². The monoisotopic (exact) mass is 365 g/mol. The van der Waals surface area contributed by atoms with Crippen molar-refractivity contribution in [1.82, 2.24) is 14.9 Å². The van der Waals surface area contributed by atoms with Crippen molar-refractivity contribution in [3.63, 3.8) is 0 Å². The molecule has 1 aliphatic heterocycles. The third-order valence-electron chi connectivity index (χ3n) is 5.11. The zero-order valence-electron chi connectivity index (χ0n) is 15.4. The summed E-state index contributed by atoms with van der Waals surface area (Å²) in [5, 5.41) is 3.31. The zero-order valence-corrected chi connectivity index (χ0v) is 15.4. The van der Waals surface area contributed by atoms with Crippen molar-refractivity contribution in [3.05, 3.63) is 41.6 Å². The topological polar surface area (TPSA) is 78.4 Å². The van der Waals surface area contributed by atoms with Crippen molar-refractivity contribution < 1.29 is 9.59 Å². The molecule has 1 unspecified atom stereocenters. The predicted octanol–water partition coefficient (Wildman–Crippen LogP) is 2.26. The molecule has 4 rings (SSSR count). The van der Waals surface area contributed by atoms with Crippen LogP contribution in [-0.4, -0.2) is 53.2 Å². The van der Waals surface area contributed by atoms with Crippen LogP contribution in [0.5, 0.6) is 0 Å². The minimum absolute atomic E-state index is 0.0968. The summed E-state index contributed by atoms with van der Waals surface area (Å²) >= 11 is 0. The van der Waals surface area contributed by atoms with Gasteiger partial charge in [-0.3, -0.25) is 9.59 Å². The second-order valence-electron chi connectivity index (χ2n) is 7.25. The SMILES string of the molecule is CC1CC(=O)c2c(nc(N3CCN(C=O)CC3)nc2Nc2ccccc2)C1. The number of aromatic nitrogens is 2. The van der Waals surface area contributed by atoms with Crippen LogP contribution in [0.3, 0.4) is 0 Å². The van der Waals surface area contributed by atoms with Crippen molar-refractivity contribution >= 4 is 29.6 Å². The van der Waals surface area contributed by atoms with Crippen LogP contribution in [-0.2, 0) is 11.2 Å². The van der Waals surface area contributed by atoms with E-state index >= 15 is 0 Å². The van der Waals surface area contributed by atoms with Crippen molar-refractivity contribution in [2.45, 2.75) is 19.8 Å². The van der Waals surface area contributed by atoms with Crippen LogP contribution in [0.1, 0.15) is 29.4 Å². The first kappa shape index (κ1) is 17.5. The summed E-state index contributed by atoms with van der Waals surface area (Å²) in [5.41, 5.74) is 2.33. The molecule has 1 aromatic heterocycles. The van der Waals surface area contributed by atoms with Crippen LogP contribution in [0.2, 0.25) is 0 Å². The van der Waals surface area contributed by atoms with Gasteiger partial charge in [0.1, 0.15) is 5.82 Å². The average molecular weight is 365 g/mol. The van der Waals surface area contributed by atoms with Crippen LogP contribution in [0.25, 0.3) is 0 Å². The molecule has 2 heterocycles. The maximum atomic E-state index is 12.7. The van der Waals surface area contributed by atoms with Gasteiger partial charge in [-0.05, 0) is 24.5 Å². The van der Waals surface area contributed by atoms with E-state index in [1.54, 1.807) is 4.90 Å². The van der Waals surface area contributed by atoms with Crippen molar-refractivity contribution in [2.75, 3.05) is 36.4 Å². The maximum Gasteiger partial charge on any atom is 0.227 e. The molecule has 1 amide bonds. The van der Waals surface area contributed by atoms with Crippen LogP contribution in [0.15, 0.2) is 30.3 Å². The van der Waals surface area contributed by atoms with E-state index in [1.165, 1.54) is 0 Å². The van der Waals surface area contributed by atoms with E-state index < -0.39 is 0 Å². The molecule has 7 heteroatoms. The number of fused-ring (bicyclic) bond motifs is 1. The van der Waals surface area contributed by atoms with E-state index in [2.05, 4.69) is 17.1 Å². The molecule has 1 saturated heterocycles. The minimum Gasteiger partial charge on any atom is -0.342 e. The Hall–Kier alpha value is -2.96. The molecule has 0 bridgehead atoms. The number of amides is 1. The Kier molecular flexibility index (Phi) is 4.75. The molecule has 1 N–H and O–H groups in total. The summed E-state index contributed by atoms with van der Waals surface area (Å²) in [5.74, 6) is 1.58. The van der Waals surface area contributed by atoms with E-state index in [0.29, 0.717) is 49.9 Å². The number of nitrogens with one attached hydrogen (secondary N) is 1. The fraction of sp³-hybridized carbons (Fsp3) is 0.400. The molecule has 27 heavy (non-hydrogen) atoms. The lowest BCUT2D eigenvalue weighted by Gasteiger charge is -2.33. The van der Waals surface area contributed by atoms with Gasteiger partial charge in [0, 0.05) is 38.3 Å². The van der Waals surface area contributed by atoms with Gasteiger partial charge in [-0.15, -0.1) is 0 Å². The van der Waals surface area contributed by atoms with Crippen LogP contribution < -0.4 is 10.2 Å². The number of benzene rings is 1. The summed E-state index contributed by atoms with van der Waals surface area (Å²) < 4.78 is 0. The number of para-hydroxylation sites is 1. The largest absolute Gasteiger partial charge is 0.342 e. The minimum atomic E-state index is 0.0968. The van der Waals surface area contributed by atoms with E-state index in [1.807, 2.05) is 30.3 Å². The fourth-order valence-electron chi connectivity index (χ4n) is 3.67. The third kappa shape index (κ3) is 3.63. The first-order valence-corrected chi connectivity index (χ1v) is 9.34. The van der Waals surface area contributed by atoms with Crippen LogP contribution >= 0.6 is 0 Å². The molecule has 140 valence electrons. The zero-order chi connectivity index (χ0) is 18.8. The Morgan fingerprint density at radius 3 is 2.52 bits per heavy atom. The maximum absolute atomic E-state index is 12.7. The highest BCUT2D eigenvalue weighted by Crippen LogP contribution is 2.32.